The minimum absolute atomic E-state index is 0.168. The van der Waals surface area contributed by atoms with Crippen molar-refractivity contribution < 1.29 is 22.7 Å². The second-order valence-corrected chi connectivity index (χ2v) is 13.8. The zero-order valence-electron chi connectivity index (χ0n) is 24.9. The fourth-order valence-electron chi connectivity index (χ4n) is 5.62. The van der Waals surface area contributed by atoms with Crippen LogP contribution in [-0.4, -0.2) is 83.1 Å². The molecule has 1 aromatic heterocycles. The number of aromatic nitrogens is 3. The summed E-state index contributed by atoms with van der Waals surface area (Å²) in [5, 5.41) is 10.4. The summed E-state index contributed by atoms with van der Waals surface area (Å²) in [5.41, 5.74) is 3.94. The molecule has 2 saturated heterocycles. The number of carbonyl (C=O) groups is 2. The summed E-state index contributed by atoms with van der Waals surface area (Å²) in [6.07, 6.45) is 1.23. The molecule has 234 valence electrons. The van der Waals surface area contributed by atoms with Crippen LogP contribution in [0.3, 0.4) is 0 Å². The van der Waals surface area contributed by atoms with Crippen LogP contribution < -0.4 is 5.32 Å². The Labute approximate surface area is 262 Å². The van der Waals surface area contributed by atoms with Crippen molar-refractivity contribution in [3.8, 4) is 11.4 Å². The average Bonchev–Trinajstić information content (AvgIpc) is 3.56. The lowest BCUT2D eigenvalue weighted by atomic mass is 9.96. The van der Waals surface area contributed by atoms with Crippen LogP contribution in [0.15, 0.2) is 78.9 Å². The van der Waals surface area contributed by atoms with Gasteiger partial charge in [-0.3, -0.25) is 14.8 Å². The van der Waals surface area contributed by atoms with E-state index in [4.69, 9.17) is 9.72 Å². The molecule has 12 heteroatoms. The van der Waals surface area contributed by atoms with E-state index in [9.17, 15) is 18.0 Å². The zero-order valence-corrected chi connectivity index (χ0v) is 25.7. The Morgan fingerprint density at radius 2 is 1.60 bits per heavy atom. The summed E-state index contributed by atoms with van der Waals surface area (Å²) >= 11 is 0. The van der Waals surface area contributed by atoms with Gasteiger partial charge in [0.15, 0.2) is 15.7 Å². The molecule has 2 amide bonds. The Morgan fingerprint density at radius 3 is 2.33 bits per heavy atom. The van der Waals surface area contributed by atoms with Crippen molar-refractivity contribution in [1.29, 1.82) is 0 Å². The number of H-pyrrole nitrogens is 1. The number of carbonyl (C=O) groups excluding carboxylic acids is 2. The predicted molar refractivity (Wildman–Crippen MR) is 170 cm³/mol. The van der Waals surface area contributed by atoms with Gasteiger partial charge >= 0.3 is 6.09 Å². The van der Waals surface area contributed by atoms with Crippen LogP contribution in [-0.2, 0) is 27.7 Å². The minimum Gasteiger partial charge on any atom is -0.445 e. The molecule has 0 atom stereocenters. The number of anilines is 1. The van der Waals surface area contributed by atoms with Crippen LogP contribution in [0.25, 0.3) is 11.4 Å². The molecule has 0 radical (unpaired) electrons. The highest BCUT2D eigenvalue weighted by Crippen LogP contribution is 2.28. The van der Waals surface area contributed by atoms with Crippen LogP contribution in [0, 0.1) is 0 Å². The van der Waals surface area contributed by atoms with Gasteiger partial charge in [-0.15, -0.1) is 0 Å². The largest absolute Gasteiger partial charge is 0.445 e. The summed E-state index contributed by atoms with van der Waals surface area (Å²) in [6, 6.07) is 24.4. The quantitative estimate of drug-likeness (QED) is 0.292. The Hall–Kier alpha value is -4.55. The van der Waals surface area contributed by atoms with Gasteiger partial charge in [-0.25, -0.2) is 18.2 Å². The summed E-state index contributed by atoms with van der Waals surface area (Å²) in [7, 11) is -2.93. The smallest absolute Gasteiger partial charge is 0.410 e. The van der Waals surface area contributed by atoms with Gasteiger partial charge in [0, 0.05) is 55.5 Å². The first-order chi connectivity index (χ1) is 21.8. The van der Waals surface area contributed by atoms with Crippen LogP contribution in [0.2, 0.25) is 0 Å². The van der Waals surface area contributed by atoms with Gasteiger partial charge in [0.1, 0.15) is 12.4 Å². The summed E-state index contributed by atoms with van der Waals surface area (Å²) < 4.78 is 28.9. The van der Waals surface area contributed by atoms with Crippen LogP contribution in [0.4, 0.5) is 10.5 Å². The molecule has 2 N–H and O–H groups in total. The SMILES string of the molecule is O=C(Nc1ccc(-c2n[nH]c(C3CCN(C(=O)OCc4ccccc4)CC3)n2)cc1)c1cccc(CN2CCS(=O)(=O)CC2)c1. The molecule has 0 saturated carbocycles. The fraction of sp³-hybridized carbons (Fsp3) is 0.333. The third kappa shape index (κ3) is 7.95. The van der Waals surface area contributed by atoms with E-state index in [1.807, 2.05) is 72.8 Å². The van der Waals surface area contributed by atoms with Crippen LogP contribution in [0.5, 0.6) is 0 Å². The molecule has 3 aromatic carbocycles. The number of rotatable bonds is 8. The van der Waals surface area contributed by atoms with E-state index >= 15 is 0 Å². The summed E-state index contributed by atoms with van der Waals surface area (Å²) in [5.74, 6) is 1.66. The van der Waals surface area contributed by atoms with Gasteiger partial charge in [-0.05, 0) is 60.4 Å². The van der Waals surface area contributed by atoms with Crippen molar-refractivity contribution >= 4 is 27.5 Å². The Balaban J connectivity index is 0.989. The molecule has 0 unspecified atom stereocenters. The summed E-state index contributed by atoms with van der Waals surface area (Å²) in [4.78, 5) is 34.0. The second kappa shape index (κ2) is 13.6. The molecular formula is C33H36N6O5S. The van der Waals surface area contributed by atoms with Crippen molar-refractivity contribution in [2.45, 2.75) is 31.9 Å². The first-order valence-electron chi connectivity index (χ1n) is 15.1. The maximum Gasteiger partial charge on any atom is 0.410 e. The Bertz CT molecular complexity index is 1720. The number of amides is 2. The van der Waals surface area contributed by atoms with E-state index in [0.29, 0.717) is 49.8 Å². The second-order valence-electron chi connectivity index (χ2n) is 11.5. The number of likely N-dealkylation sites (tertiary alicyclic amines) is 1. The number of sulfone groups is 1. The molecule has 0 aliphatic carbocycles. The molecule has 2 fully saturated rings. The molecule has 2 aliphatic heterocycles. The van der Waals surface area contributed by atoms with E-state index in [2.05, 4.69) is 20.4 Å². The molecule has 0 spiro atoms. The first-order valence-corrected chi connectivity index (χ1v) is 16.9. The van der Waals surface area contributed by atoms with Crippen molar-refractivity contribution in [2.75, 3.05) is 43.0 Å². The predicted octanol–water partition coefficient (Wildman–Crippen LogP) is 4.47. The van der Waals surface area contributed by atoms with Gasteiger partial charge in [0.05, 0.1) is 11.5 Å². The highest BCUT2D eigenvalue weighted by Gasteiger charge is 2.27. The van der Waals surface area contributed by atoms with E-state index in [1.165, 1.54) is 0 Å². The maximum absolute atomic E-state index is 13.0. The number of aromatic amines is 1. The monoisotopic (exact) mass is 628 g/mol. The highest BCUT2D eigenvalue weighted by atomic mass is 32.2. The standard InChI is InChI=1S/C33H36N6O5S/c40-32(28-8-4-7-25(21-28)22-38-17-19-45(42,43)20-18-38)34-29-11-9-26(10-12-29)30-35-31(37-36-30)27-13-15-39(16-14-27)33(41)44-23-24-5-2-1-3-6-24/h1-12,21,27H,13-20,22-23H2,(H,34,40)(H,35,36,37). The molecule has 3 heterocycles. The van der Waals surface area contributed by atoms with Crippen molar-refractivity contribution in [3.05, 3.63) is 101 Å². The van der Waals surface area contributed by atoms with Crippen LogP contribution in [0.1, 0.15) is 46.1 Å². The zero-order chi connectivity index (χ0) is 31.2. The molecule has 45 heavy (non-hydrogen) atoms. The molecule has 4 aromatic rings. The molecule has 2 aliphatic rings. The van der Waals surface area contributed by atoms with Gasteiger partial charge < -0.3 is 15.0 Å². The van der Waals surface area contributed by atoms with Gasteiger partial charge in [0.25, 0.3) is 5.91 Å². The lowest BCUT2D eigenvalue weighted by Gasteiger charge is -2.30. The number of benzene rings is 3. The lowest BCUT2D eigenvalue weighted by Crippen LogP contribution is -2.39. The third-order valence-electron chi connectivity index (χ3n) is 8.28. The molecular weight excluding hydrogens is 592 g/mol. The number of piperidine rings is 1. The van der Waals surface area contributed by atoms with Crippen molar-refractivity contribution in [2.24, 2.45) is 0 Å². The Morgan fingerprint density at radius 1 is 0.889 bits per heavy atom. The van der Waals surface area contributed by atoms with Crippen molar-refractivity contribution in [1.82, 2.24) is 25.0 Å². The highest BCUT2D eigenvalue weighted by molar-refractivity contribution is 7.91. The number of nitrogens with zero attached hydrogens (tertiary/aromatic N) is 4. The third-order valence-corrected chi connectivity index (χ3v) is 9.89. The first kappa shape index (κ1) is 30.5. The number of nitrogens with one attached hydrogen (secondary N) is 2. The number of hydrogen-bond donors (Lipinski definition) is 2. The van der Waals surface area contributed by atoms with E-state index in [-0.39, 0.29) is 36.0 Å². The minimum atomic E-state index is -2.93. The van der Waals surface area contributed by atoms with Gasteiger partial charge in [-0.2, -0.15) is 5.10 Å². The van der Waals surface area contributed by atoms with Gasteiger partial charge in [0.2, 0.25) is 0 Å². The molecule has 11 nitrogen and oxygen atoms in total. The van der Waals surface area contributed by atoms with E-state index in [1.54, 1.807) is 11.0 Å². The summed E-state index contributed by atoms with van der Waals surface area (Å²) in [6.45, 7) is 3.05. The topological polar surface area (TPSA) is 138 Å². The van der Waals surface area contributed by atoms with Crippen LogP contribution >= 0.6 is 0 Å². The molecule has 6 rings (SSSR count). The average molecular weight is 629 g/mol. The van der Waals surface area contributed by atoms with Gasteiger partial charge in [-0.1, -0.05) is 42.5 Å². The number of ether oxygens (including phenoxy) is 1. The van der Waals surface area contributed by atoms with E-state index in [0.717, 1.165) is 35.4 Å². The maximum atomic E-state index is 13.0. The van der Waals surface area contributed by atoms with Crippen molar-refractivity contribution in [3.63, 3.8) is 0 Å². The number of hydrogen-bond acceptors (Lipinski definition) is 8. The molecule has 0 bridgehead atoms. The Kier molecular flexibility index (Phi) is 9.22. The van der Waals surface area contributed by atoms with E-state index < -0.39 is 9.84 Å². The lowest BCUT2D eigenvalue weighted by molar-refractivity contribution is 0.0866. The normalized spacial score (nSPS) is 17.1. The fourth-order valence-corrected chi connectivity index (χ4v) is 6.89.